The molecule has 1 amide bonds. The molecule has 0 radical (unpaired) electrons. The first-order valence-corrected chi connectivity index (χ1v) is 14.3. The molecule has 3 heterocycles. The lowest BCUT2D eigenvalue weighted by Gasteiger charge is -2.40. The Labute approximate surface area is 197 Å². The molecule has 3 aliphatic heterocycles. The molecule has 1 aromatic rings. The summed E-state index contributed by atoms with van der Waals surface area (Å²) in [5.41, 5.74) is 0. The maximum Gasteiger partial charge on any atom is 0.282 e. The normalized spacial score (nSPS) is 23.6. The quantitative estimate of drug-likeness (QED) is 0.553. The molecular formula is C21H33N5O5S2. The van der Waals surface area contributed by atoms with Crippen LogP contribution < -0.4 is 0 Å². The Morgan fingerprint density at radius 3 is 1.79 bits per heavy atom. The van der Waals surface area contributed by atoms with Crippen molar-refractivity contribution in [3.05, 3.63) is 30.3 Å². The Balaban J connectivity index is 1.28. The number of amides is 1. The van der Waals surface area contributed by atoms with E-state index in [1.165, 1.54) is 12.9 Å². The first kappa shape index (κ1) is 24.6. The van der Waals surface area contributed by atoms with Crippen LogP contribution in [0.25, 0.3) is 0 Å². The lowest BCUT2D eigenvalue weighted by molar-refractivity contribution is -0.138. The minimum atomic E-state index is -3.55. The molecular weight excluding hydrogens is 466 g/mol. The Morgan fingerprint density at radius 1 is 0.727 bits per heavy atom. The minimum absolute atomic E-state index is 0.00315. The van der Waals surface area contributed by atoms with Crippen LogP contribution in [0.1, 0.15) is 12.8 Å². The predicted octanol–water partition coefficient (Wildman–Crippen LogP) is -0.276. The van der Waals surface area contributed by atoms with Gasteiger partial charge < -0.3 is 9.80 Å². The molecule has 0 aromatic heterocycles. The summed E-state index contributed by atoms with van der Waals surface area (Å²) >= 11 is 0. The molecule has 0 spiro atoms. The van der Waals surface area contributed by atoms with E-state index >= 15 is 0 Å². The van der Waals surface area contributed by atoms with Crippen LogP contribution >= 0.6 is 0 Å². The van der Waals surface area contributed by atoms with E-state index in [1.54, 1.807) is 35.2 Å². The zero-order chi connectivity index (χ0) is 23.6. The van der Waals surface area contributed by atoms with Gasteiger partial charge in [0.2, 0.25) is 15.9 Å². The number of hydrogen-bond acceptors (Lipinski definition) is 6. The number of piperidine rings is 1. The monoisotopic (exact) mass is 499 g/mol. The number of rotatable bonds is 5. The highest BCUT2D eigenvalue weighted by molar-refractivity contribution is 7.89. The Hall–Kier alpha value is -1.57. The molecule has 12 heteroatoms. The minimum Gasteiger partial charge on any atom is -0.340 e. The summed E-state index contributed by atoms with van der Waals surface area (Å²) in [7, 11) is -5.07. The molecule has 0 unspecified atom stereocenters. The van der Waals surface area contributed by atoms with Crippen molar-refractivity contribution in [3.63, 3.8) is 0 Å². The maximum absolute atomic E-state index is 13.0. The van der Waals surface area contributed by atoms with Crippen molar-refractivity contribution in [1.29, 1.82) is 0 Å². The number of carbonyl (C=O) groups is 1. The van der Waals surface area contributed by atoms with Gasteiger partial charge in [0.1, 0.15) is 0 Å². The van der Waals surface area contributed by atoms with Gasteiger partial charge in [0, 0.05) is 71.4 Å². The van der Waals surface area contributed by atoms with Gasteiger partial charge in [-0.2, -0.15) is 21.3 Å². The number of sulfonamides is 1. The molecule has 1 aromatic carbocycles. The smallest absolute Gasteiger partial charge is 0.282 e. The molecule has 0 bridgehead atoms. The van der Waals surface area contributed by atoms with E-state index in [1.807, 2.05) is 7.05 Å². The summed E-state index contributed by atoms with van der Waals surface area (Å²) in [4.78, 5) is 17.2. The van der Waals surface area contributed by atoms with Gasteiger partial charge in [0.25, 0.3) is 10.2 Å². The third-order valence-corrected chi connectivity index (χ3v) is 10.8. The molecule has 0 atom stereocenters. The summed E-state index contributed by atoms with van der Waals surface area (Å²) in [5, 5.41) is 0. The molecule has 3 saturated heterocycles. The molecule has 3 aliphatic rings. The van der Waals surface area contributed by atoms with E-state index in [2.05, 4.69) is 4.90 Å². The van der Waals surface area contributed by atoms with Crippen LogP contribution in [0.4, 0.5) is 0 Å². The zero-order valence-corrected chi connectivity index (χ0v) is 20.7. The Morgan fingerprint density at radius 2 is 1.24 bits per heavy atom. The molecule has 0 saturated carbocycles. The number of likely N-dealkylation sites (N-methyl/N-ethyl adjacent to an activating group) is 1. The van der Waals surface area contributed by atoms with Crippen molar-refractivity contribution >= 4 is 26.1 Å². The topological polar surface area (TPSA) is 102 Å². The van der Waals surface area contributed by atoms with E-state index in [-0.39, 0.29) is 16.7 Å². The average Bonchev–Trinajstić information content (AvgIpc) is 2.84. The first-order valence-electron chi connectivity index (χ1n) is 11.5. The second kappa shape index (κ2) is 9.96. The standard InChI is InChI=1S/C21H33N5O5S2/c1-22-11-15-25(16-12-22)33(30,31)26-17-13-23(14-18-26)21(27)19-7-9-24(10-8-19)32(28,29)20-5-3-2-4-6-20/h2-6,19H,7-18H2,1H3. The van der Waals surface area contributed by atoms with Gasteiger partial charge in [-0.05, 0) is 32.0 Å². The summed E-state index contributed by atoms with van der Waals surface area (Å²) in [6.45, 7) is 4.36. The van der Waals surface area contributed by atoms with Gasteiger partial charge >= 0.3 is 0 Å². The van der Waals surface area contributed by atoms with E-state index in [0.29, 0.717) is 65.2 Å². The highest BCUT2D eigenvalue weighted by Crippen LogP contribution is 2.26. The van der Waals surface area contributed by atoms with Gasteiger partial charge in [-0.1, -0.05) is 18.2 Å². The van der Waals surface area contributed by atoms with Crippen molar-refractivity contribution < 1.29 is 21.6 Å². The van der Waals surface area contributed by atoms with Crippen LogP contribution in [0.15, 0.2) is 35.2 Å². The fourth-order valence-electron chi connectivity index (χ4n) is 4.66. The second-order valence-corrected chi connectivity index (χ2v) is 12.8. The first-order chi connectivity index (χ1) is 15.7. The van der Waals surface area contributed by atoms with Gasteiger partial charge in [0.05, 0.1) is 4.90 Å². The van der Waals surface area contributed by atoms with Crippen LogP contribution in [-0.2, 0) is 25.0 Å². The average molecular weight is 500 g/mol. The highest BCUT2D eigenvalue weighted by atomic mass is 32.2. The van der Waals surface area contributed by atoms with Crippen molar-refractivity contribution in [2.75, 3.05) is 72.5 Å². The highest BCUT2D eigenvalue weighted by Gasteiger charge is 2.37. The van der Waals surface area contributed by atoms with Gasteiger partial charge in [-0.3, -0.25) is 4.79 Å². The molecule has 4 rings (SSSR count). The van der Waals surface area contributed by atoms with Crippen molar-refractivity contribution in [2.45, 2.75) is 17.7 Å². The second-order valence-electron chi connectivity index (χ2n) is 8.93. The fraction of sp³-hybridized carbons (Fsp3) is 0.667. The van der Waals surface area contributed by atoms with Crippen molar-refractivity contribution in [3.8, 4) is 0 Å². The third kappa shape index (κ3) is 5.25. The van der Waals surface area contributed by atoms with Crippen LogP contribution in [0.5, 0.6) is 0 Å². The summed E-state index contributed by atoms with van der Waals surface area (Å²) < 4.78 is 56.0. The van der Waals surface area contributed by atoms with Crippen molar-refractivity contribution in [2.24, 2.45) is 5.92 Å². The molecule has 0 aliphatic carbocycles. The van der Waals surface area contributed by atoms with Gasteiger partial charge in [0.15, 0.2) is 0 Å². The lowest BCUT2D eigenvalue weighted by atomic mass is 9.96. The van der Waals surface area contributed by atoms with E-state index in [9.17, 15) is 21.6 Å². The molecule has 184 valence electrons. The van der Waals surface area contributed by atoms with Gasteiger partial charge in [-0.25, -0.2) is 8.42 Å². The van der Waals surface area contributed by atoms with E-state index in [4.69, 9.17) is 0 Å². The van der Waals surface area contributed by atoms with Crippen molar-refractivity contribution in [1.82, 2.24) is 22.7 Å². The Bertz CT molecular complexity index is 1030. The van der Waals surface area contributed by atoms with Crippen LogP contribution in [0, 0.1) is 5.92 Å². The third-order valence-electron chi connectivity index (χ3n) is 6.85. The largest absolute Gasteiger partial charge is 0.340 e. The molecule has 33 heavy (non-hydrogen) atoms. The SMILES string of the molecule is CN1CCN(S(=O)(=O)N2CCN(C(=O)C3CCN(S(=O)(=O)c4ccccc4)CC3)CC2)CC1. The number of nitrogens with zero attached hydrogens (tertiary/aromatic N) is 5. The number of benzene rings is 1. The summed E-state index contributed by atoms with van der Waals surface area (Å²) in [5.74, 6) is -0.226. The van der Waals surface area contributed by atoms with Gasteiger partial charge in [-0.15, -0.1) is 0 Å². The number of piperazine rings is 2. The number of hydrogen-bond donors (Lipinski definition) is 0. The Kier molecular flexibility index (Phi) is 7.41. The van der Waals surface area contributed by atoms with E-state index < -0.39 is 20.2 Å². The summed E-state index contributed by atoms with van der Waals surface area (Å²) in [6.07, 6.45) is 0.954. The predicted molar refractivity (Wildman–Crippen MR) is 124 cm³/mol. The van der Waals surface area contributed by atoms with Crippen LogP contribution in [0.3, 0.4) is 0 Å². The van der Waals surface area contributed by atoms with E-state index in [0.717, 1.165) is 13.1 Å². The fourth-order valence-corrected chi connectivity index (χ4v) is 7.73. The zero-order valence-electron chi connectivity index (χ0n) is 19.0. The maximum atomic E-state index is 13.0. The molecule has 3 fully saturated rings. The number of carbonyl (C=O) groups excluding carboxylic acids is 1. The summed E-state index contributed by atoms with van der Waals surface area (Å²) in [6, 6.07) is 8.35. The lowest BCUT2D eigenvalue weighted by Crippen LogP contribution is -2.58. The van der Waals surface area contributed by atoms with Crippen LogP contribution in [-0.4, -0.2) is 118 Å². The molecule has 0 N–H and O–H groups in total. The molecule has 10 nitrogen and oxygen atoms in total. The van der Waals surface area contributed by atoms with Crippen LogP contribution in [0.2, 0.25) is 0 Å².